The molecule has 1 atom stereocenters. The third-order valence-electron chi connectivity index (χ3n) is 5.77. The number of ether oxygens (including phenoxy) is 1. The van der Waals surface area contributed by atoms with E-state index in [9.17, 15) is 14.7 Å². The number of carbonyl (C=O) groups excluding carboxylic acids is 1. The molecule has 0 bridgehead atoms. The van der Waals surface area contributed by atoms with E-state index >= 15 is 0 Å². The van der Waals surface area contributed by atoms with E-state index in [2.05, 4.69) is 17.4 Å². The van der Waals surface area contributed by atoms with Gasteiger partial charge in [-0.05, 0) is 39.8 Å². The molecule has 0 fully saturated rings. The number of carbonyl (C=O) groups is 2. The van der Waals surface area contributed by atoms with Gasteiger partial charge in [-0.1, -0.05) is 79.7 Å². The van der Waals surface area contributed by atoms with Gasteiger partial charge in [0.2, 0.25) is 0 Å². The Bertz CT molecular complexity index is 1060. The second kappa shape index (κ2) is 9.04. The number of nitrogens with one attached hydrogen (secondary N) is 1. The summed E-state index contributed by atoms with van der Waals surface area (Å²) in [6.07, 6.45) is 0.347. The molecule has 2 N–H and O–H groups in total. The molecule has 4 rings (SSSR count). The summed E-state index contributed by atoms with van der Waals surface area (Å²) in [5, 5.41) is 12.1. The summed E-state index contributed by atoms with van der Waals surface area (Å²) in [6, 6.07) is 22.9. The van der Waals surface area contributed by atoms with E-state index in [1.165, 1.54) is 0 Å². The smallest absolute Gasteiger partial charge is 0.407 e. The van der Waals surface area contributed by atoms with Crippen LogP contribution in [0.15, 0.2) is 72.8 Å². The van der Waals surface area contributed by atoms with Gasteiger partial charge < -0.3 is 15.2 Å². The molecule has 31 heavy (non-hydrogen) atoms. The molecule has 0 aliphatic heterocycles. The molecule has 1 amide bonds. The standard InChI is InChI=1S/C26H25NO4/c1-2-17-8-7-9-18(14-17)15-24(25(28)29)27-26(30)31-16-23-21-12-5-3-10-19(21)20-11-4-6-13-22(20)23/h3-14,23-24H,2,15-16H2,1H3,(H,27,30)(H,28,29)/t24-/m0/s1. The van der Waals surface area contributed by atoms with Crippen molar-refractivity contribution in [3.63, 3.8) is 0 Å². The fraction of sp³-hybridized carbons (Fsp3) is 0.231. The molecule has 0 aromatic heterocycles. The number of aryl methyl sites for hydroxylation is 1. The normalized spacial score (nSPS) is 13.2. The largest absolute Gasteiger partial charge is 0.480 e. The molecule has 5 nitrogen and oxygen atoms in total. The van der Waals surface area contributed by atoms with Crippen molar-refractivity contribution >= 4 is 12.1 Å². The van der Waals surface area contributed by atoms with Crippen molar-refractivity contribution < 1.29 is 19.4 Å². The highest BCUT2D eigenvalue weighted by molar-refractivity contribution is 5.81. The van der Waals surface area contributed by atoms with Crippen LogP contribution in [0.4, 0.5) is 4.79 Å². The van der Waals surface area contributed by atoms with E-state index in [0.29, 0.717) is 0 Å². The SMILES string of the molecule is CCc1cccc(C[C@H](NC(=O)OCC2c3ccccc3-c3ccccc32)C(=O)O)c1. The highest BCUT2D eigenvalue weighted by Crippen LogP contribution is 2.44. The van der Waals surface area contributed by atoms with Gasteiger partial charge in [-0.3, -0.25) is 0 Å². The van der Waals surface area contributed by atoms with Gasteiger partial charge in [0.25, 0.3) is 0 Å². The number of carboxylic acids is 1. The Hall–Kier alpha value is -3.60. The number of carboxylic acid groups (broad SMARTS) is 1. The molecular weight excluding hydrogens is 390 g/mol. The molecule has 0 unspecified atom stereocenters. The zero-order chi connectivity index (χ0) is 21.8. The van der Waals surface area contributed by atoms with Gasteiger partial charge in [0.15, 0.2) is 0 Å². The lowest BCUT2D eigenvalue weighted by Crippen LogP contribution is -2.42. The Morgan fingerprint density at radius 1 is 0.935 bits per heavy atom. The maximum atomic E-state index is 12.5. The second-order valence-electron chi connectivity index (χ2n) is 7.74. The molecule has 0 saturated carbocycles. The van der Waals surface area contributed by atoms with E-state index in [1.54, 1.807) is 0 Å². The maximum absolute atomic E-state index is 12.5. The first kappa shape index (κ1) is 20.7. The van der Waals surface area contributed by atoms with Gasteiger partial charge in [-0.25, -0.2) is 9.59 Å². The lowest BCUT2D eigenvalue weighted by Gasteiger charge is -2.18. The van der Waals surface area contributed by atoms with Crippen molar-refractivity contribution in [1.29, 1.82) is 0 Å². The van der Waals surface area contributed by atoms with E-state index in [4.69, 9.17) is 4.74 Å². The van der Waals surface area contributed by atoms with Crippen molar-refractivity contribution in [2.75, 3.05) is 6.61 Å². The molecular formula is C26H25NO4. The van der Waals surface area contributed by atoms with Crippen LogP contribution in [-0.2, 0) is 22.4 Å². The monoisotopic (exact) mass is 415 g/mol. The van der Waals surface area contributed by atoms with Crippen LogP contribution < -0.4 is 5.32 Å². The summed E-state index contributed by atoms with van der Waals surface area (Å²) >= 11 is 0. The minimum absolute atomic E-state index is 0.0670. The molecule has 158 valence electrons. The van der Waals surface area contributed by atoms with Crippen LogP contribution in [0.5, 0.6) is 0 Å². The number of hydrogen-bond acceptors (Lipinski definition) is 3. The van der Waals surface area contributed by atoms with Gasteiger partial charge >= 0.3 is 12.1 Å². The molecule has 3 aromatic rings. The zero-order valence-corrected chi connectivity index (χ0v) is 17.4. The Labute approximate surface area is 181 Å². The highest BCUT2D eigenvalue weighted by atomic mass is 16.5. The van der Waals surface area contributed by atoms with Crippen LogP contribution in [0.3, 0.4) is 0 Å². The molecule has 0 radical (unpaired) electrons. The summed E-state index contributed by atoms with van der Waals surface area (Å²) in [7, 11) is 0. The number of amides is 1. The lowest BCUT2D eigenvalue weighted by atomic mass is 9.98. The van der Waals surface area contributed by atoms with Gasteiger partial charge in [0.1, 0.15) is 12.6 Å². The number of benzene rings is 3. The molecule has 1 aliphatic carbocycles. The molecule has 3 aromatic carbocycles. The predicted molar refractivity (Wildman–Crippen MR) is 119 cm³/mol. The lowest BCUT2D eigenvalue weighted by molar-refractivity contribution is -0.139. The quantitative estimate of drug-likeness (QED) is 0.582. The van der Waals surface area contributed by atoms with Crippen molar-refractivity contribution in [2.24, 2.45) is 0 Å². The summed E-state index contributed by atoms with van der Waals surface area (Å²) in [5.41, 5.74) is 6.51. The van der Waals surface area contributed by atoms with Gasteiger partial charge in [0.05, 0.1) is 0 Å². The van der Waals surface area contributed by atoms with Crippen molar-refractivity contribution in [2.45, 2.75) is 31.7 Å². The first-order valence-electron chi connectivity index (χ1n) is 10.5. The fourth-order valence-corrected chi connectivity index (χ4v) is 4.19. The first-order chi connectivity index (χ1) is 15.1. The first-order valence-corrected chi connectivity index (χ1v) is 10.5. The maximum Gasteiger partial charge on any atom is 0.407 e. The Morgan fingerprint density at radius 3 is 2.16 bits per heavy atom. The van der Waals surface area contributed by atoms with E-state index in [0.717, 1.165) is 39.8 Å². The molecule has 0 heterocycles. The fourth-order valence-electron chi connectivity index (χ4n) is 4.19. The molecule has 0 saturated heterocycles. The van der Waals surface area contributed by atoms with Crippen LogP contribution >= 0.6 is 0 Å². The van der Waals surface area contributed by atoms with Crippen molar-refractivity contribution in [1.82, 2.24) is 5.32 Å². The van der Waals surface area contributed by atoms with Crippen LogP contribution in [0, 0.1) is 0 Å². The Balaban J connectivity index is 1.43. The summed E-state index contributed by atoms with van der Waals surface area (Å²) in [5.74, 6) is -1.15. The van der Waals surface area contributed by atoms with Gasteiger partial charge in [0, 0.05) is 12.3 Å². The number of hydrogen-bond donors (Lipinski definition) is 2. The minimum atomic E-state index is -1.09. The van der Waals surface area contributed by atoms with Crippen LogP contribution in [-0.4, -0.2) is 29.8 Å². The third-order valence-corrected chi connectivity index (χ3v) is 5.77. The number of alkyl carbamates (subject to hydrolysis) is 1. The summed E-state index contributed by atoms with van der Waals surface area (Å²) in [4.78, 5) is 24.2. The Morgan fingerprint density at radius 2 is 1.55 bits per heavy atom. The average molecular weight is 415 g/mol. The average Bonchev–Trinajstić information content (AvgIpc) is 3.11. The molecule has 5 heteroatoms. The Kier molecular flexibility index (Phi) is 6.03. The van der Waals surface area contributed by atoms with Crippen LogP contribution in [0.1, 0.15) is 35.1 Å². The minimum Gasteiger partial charge on any atom is -0.480 e. The molecule has 1 aliphatic rings. The highest BCUT2D eigenvalue weighted by Gasteiger charge is 2.29. The zero-order valence-electron chi connectivity index (χ0n) is 17.4. The van der Waals surface area contributed by atoms with Crippen LogP contribution in [0.25, 0.3) is 11.1 Å². The predicted octanol–water partition coefficient (Wildman–Crippen LogP) is 4.78. The van der Waals surface area contributed by atoms with Crippen molar-refractivity contribution in [3.05, 3.63) is 95.1 Å². The van der Waals surface area contributed by atoms with Gasteiger partial charge in [-0.2, -0.15) is 0 Å². The van der Waals surface area contributed by atoms with E-state index in [1.807, 2.05) is 67.6 Å². The van der Waals surface area contributed by atoms with Crippen LogP contribution in [0.2, 0.25) is 0 Å². The number of aliphatic carboxylic acids is 1. The summed E-state index contributed by atoms with van der Waals surface area (Å²) < 4.78 is 5.49. The molecule has 0 spiro atoms. The van der Waals surface area contributed by atoms with Gasteiger partial charge in [-0.15, -0.1) is 0 Å². The number of rotatable bonds is 7. The topological polar surface area (TPSA) is 75.6 Å². The summed E-state index contributed by atoms with van der Waals surface area (Å²) in [6.45, 7) is 2.19. The van der Waals surface area contributed by atoms with Crippen molar-refractivity contribution in [3.8, 4) is 11.1 Å². The van der Waals surface area contributed by atoms with E-state index in [-0.39, 0.29) is 18.9 Å². The number of fused-ring (bicyclic) bond motifs is 3. The third kappa shape index (κ3) is 4.45. The second-order valence-corrected chi connectivity index (χ2v) is 7.74. The van der Waals surface area contributed by atoms with E-state index < -0.39 is 18.1 Å².